The molecule has 1 aromatic carbocycles. The van der Waals surface area contributed by atoms with Crippen molar-refractivity contribution in [3.8, 4) is 5.75 Å². The quantitative estimate of drug-likeness (QED) is 0.189. The normalized spacial score (nSPS) is 11.8. The van der Waals surface area contributed by atoms with Gasteiger partial charge in [0.2, 0.25) is 0 Å². The zero-order chi connectivity index (χ0) is 21.4. The summed E-state index contributed by atoms with van der Waals surface area (Å²) < 4.78 is 32.2. The Labute approximate surface area is 178 Å². The molecule has 0 heterocycles. The third-order valence-electron chi connectivity index (χ3n) is 5.63. The number of unbranched alkanes of at least 4 members (excludes halogenated alkanes) is 15. The molecule has 0 aliphatic heterocycles. The van der Waals surface area contributed by atoms with Crippen LogP contribution < -0.4 is 0 Å². The molecule has 1 aromatic rings. The van der Waals surface area contributed by atoms with E-state index in [0.29, 0.717) is 12.0 Å². The van der Waals surface area contributed by atoms with Gasteiger partial charge in [0.1, 0.15) is 10.6 Å². The molecule has 0 aliphatic carbocycles. The molecule has 0 aliphatic rings. The number of aryl methyl sites for hydroxylation is 1. The second kappa shape index (κ2) is 15.7. The molecule has 0 unspecified atom stereocenters. The first-order chi connectivity index (χ1) is 14.0. The summed E-state index contributed by atoms with van der Waals surface area (Å²) in [6.07, 6.45) is 21.3. The fourth-order valence-corrected chi connectivity index (χ4v) is 4.76. The maximum Gasteiger partial charge on any atom is 0.298 e. The Balaban J connectivity index is 1.98. The smallest absolute Gasteiger partial charge is 0.298 e. The summed E-state index contributed by atoms with van der Waals surface area (Å²) in [6.45, 7) is 2.26. The minimum absolute atomic E-state index is 0.332. The Morgan fingerprint density at radius 3 is 1.52 bits per heavy atom. The summed E-state index contributed by atoms with van der Waals surface area (Å²) in [5, 5.41) is 9.72. The van der Waals surface area contributed by atoms with Gasteiger partial charge in [0, 0.05) is 0 Å². The first-order valence-corrected chi connectivity index (χ1v) is 13.2. The molecular weight excluding hydrogens is 384 g/mol. The van der Waals surface area contributed by atoms with E-state index in [1.54, 1.807) is 12.1 Å². The lowest BCUT2D eigenvalue weighted by molar-refractivity contribution is 0.440. The summed E-state index contributed by atoms with van der Waals surface area (Å²) in [7, 11) is -4.39. The second-order valence-corrected chi connectivity index (χ2v) is 9.65. The van der Waals surface area contributed by atoms with E-state index >= 15 is 0 Å². The van der Waals surface area contributed by atoms with Gasteiger partial charge in [-0.3, -0.25) is 4.55 Å². The topological polar surface area (TPSA) is 74.6 Å². The van der Waals surface area contributed by atoms with E-state index < -0.39 is 10.1 Å². The van der Waals surface area contributed by atoms with E-state index in [9.17, 15) is 18.1 Å². The van der Waals surface area contributed by atoms with E-state index in [1.165, 1.54) is 89.5 Å². The predicted molar refractivity (Wildman–Crippen MR) is 121 cm³/mol. The second-order valence-electron chi connectivity index (χ2n) is 8.29. The maximum atomic E-state index is 11.4. The van der Waals surface area contributed by atoms with Crippen LogP contribution in [0.1, 0.15) is 115 Å². The molecule has 0 amide bonds. The standard InChI is InChI=1S/C24H42O4S/c1-2-3-4-5-6-7-8-9-10-11-12-13-14-15-16-17-19-22-20-18-21-23(25)24(22)29(26,27)28/h18,20-21,25H,2-17,19H2,1H3,(H,26,27,28). The molecule has 168 valence electrons. The van der Waals surface area contributed by atoms with Gasteiger partial charge in [0.05, 0.1) is 0 Å². The van der Waals surface area contributed by atoms with Crippen molar-refractivity contribution in [2.75, 3.05) is 0 Å². The first kappa shape index (κ1) is 26.0. The third kappa shape index (κ3) is 12.3. The van der Waals surface area contributed by atoms with Crippen LogP contribution >= 0.6 is 0 Å². The summed E-state index contributed by atoms with van der Waals surface area (Å²) >= 11 is 0. The number of phenolic OH excluding ortho intramolecular Hbond substituents is 1. The molecule has 0 atom stereocenters. The number of benzene rings is 1. The van der Waals surface area contributed by atoms with Gasteiger partial charge in [-0.05, 0) is 24.5 Å². The lowest BCUT2D eigenvalue weighted by atomic mass is 10.0. The molecule has 0 bridgehead atoms. The molecular formula is C24H42O4S. The molecule has 29 heavy (non-hydrogen) atoms. The summed E-state index contributed by atoms with van der Waals surface area (Å²) in [5.74, 6) is -0.374. The van der Waals surface area contributed by atoms with Crippen molar-refractivity contribution >= 4 is 10.1 Å². The zero-order valence-corrected chi connectivity index (χ0v) is 19.2. The first-order valence-electron chi connectivity index (χ1n) is 11.7. The highest BCUT2D eigenvalue weighted by atomic mass is 32.2. The van der Waals surface area contributed by atoms with Crippen molar-refractivity contribution in [2.45, 2.75) is 121 Å². The average Bonchev–Trinajstić information content (AvgIpc) is 2.66. The third-order valence-corrected chi connectivity index (χ3v) is 6.62. The van der Waals surface area contributed by atoms with Crippen LogP contribution in [0.2, 0.25) is 0 Å². The molecule has 0 saturated carbocycles. The van der Waals surface area contributed by atoms with Crippen LogP contribution in [0.15, 0.2) is 23.1 Å². The van der Waals surface area contributed by atoms with Gasteiger partial charge < -0.3 is 5.11 Å². The fraction of sp³-hybridized carbons (Fsp3) is 0.750. The van der Waals surface area contributed by atoms with E-state index in [2.05, 4.69) is 6.92 Å². The summed E-state index contributed by atoms with van der Waals surface area (Å²) in [5.41, 5.74) is 0.498. The predicted octanol–water partition coefficient (Wildman–Crippen LogP) is 7.44. The molecule has 1 rings (SSSR count). The number of hydrogen-bond acceptors (Lipinski definition) is 3. The molecule has 4 nitrogen and oxygen atoms in total. The van der Waals surface area contributed by atoms with E-state index in [0.717, 1.165) is 19.3 Å². The Kier molecular flexibility index (Phi) is 14.1. The van der Waals surface area contributed by atoms with Crippen LogP contribution in [0.4, 0.5) is 0 Å². The molecule has 0 fully saturated rings. The number of phenols is 1. The van der Waals surface area contributed by atoms with Gasteiger partial charge in [-0.1, -0.05) is 115 Å². The Bertz CT molecular complexity index is 640. The highest BCUT2D eigenvalue weighted by Crippen LogP contribution is 2.27. The van der Waals surface area contributed by atoms with Gasteiger partial charge in [0.15, 0.2) is 0 Å². The van der Waals surface area contributed by atoms with Crippen molar-refractivity contribution in [1.29, 1.82) is 0 Å². The summed E-state index contributed by atoms with van der Waals surface area (Å²) in [6, 6.07) is 4.57. The molecule has 0 spiro atoms. The largest absolute Gasteiger partial charge is 0.506 e. The fourth-order valence-electron chi connectivity index (χ4n) is 3.93. The van der Waals surface area contributed by atoms with Crippen LogP contribution in [0.25, 0.3) is 0 Å². The van der Waals surface area contributed by atoms with E-state index in [1.807, 2.05) is 0 Å². The SMILES string of the molecule is CCCCCCCCCCCCCCCCCCc1cccc(O)c1S(=O)(=O)O. The maximum absolute atomic E-state index is 11.4. The summed E-state index contributed by atoms with van der Waals surface area (Å²) in [4.78, 5) is -0.332. The molecule has 5 heteroatoms. The Morgan fingerprint density at radius 2 is 1.10 bits per heavy atom. The lowest BCUT2D eigenvalue weighted by Gasteiger charge is -2.09. The number of aromatic hydroxyl groups is 1. The van der Waals surface area contributed by atoms with Gasteiger partial charge in [-0.2, -0.15) is 8.42 Å². The van der Waals surface area contributed by atoms with Crippen LogP contribution in [0.3, 0.4) is 0 Å². The van der Waals surface area contributed by atoms with E-state index in [4.69, 9.17) is 0 Å². The molecule has 0 radical (unpaired) electrons. The lowest BCUT2D eigenvalue weighted by Crippen LogP contribution is -2.03. The Hall–Kier alpha value is -1.07. The van der Waals surface area contributed by atoms with Crippen LogP contribution in [0.5, 0.6) is 5.75 Å². The van der Waals surface area contributed by atoms with Crippen molar-refractivity contribution in [3.63, 3.8) is 0 Å². The number of hydrogen-bond donors (Lipinski definition) is 2. The van der Waals surface area contributed by atoms with Crippen LogP contribution in [-0.4, -0.2) is 18.1 Å². The zero-order valence-electron chi connectivity index (χ0n) is 18.4. The number of rotatable bonds is 18. The Morgan fingerprint density at radius 1 is 0.690 bits per heavy atom. The van der Waals surface area contributed by atoms with Crippen LogP contribution in [0, 0.1) is 0 Å². The van der Waals surface area contributed by atoms with Crippen LogP contribution in [-0.2, 0) is 16.5 Å². The van der Waals surface area contributed by atoms with Gasteiger partial charge in [-0.15, -0.1) is 0 Å². The van der Waals surface area contributed by atoms with E-state index in [-0.39, 0.29) is 10.6 Å². The average molecular weight is 427 g/mol. The molecule has 0 aromatic heterocycles. The van der Waals surface area contributed by atoms with Crippen molar-refractivity contribution in [2.24, 2.45) is 0 Å². The monoisotopic (exact) mass is 426 g/mol. The molecule has 2 N–H and O–H groups in total. The van der Waals surface area contributed by atoms with Gasteiger partial charge in [-0.25, -0.2) is 0 Å². The minimum Gasteiger partial charge on any atom is -0.506 e. The highest BCUT2D eigenvalue weighted by molar-refractivity contribution is 7.86. The molecule has 0 saturated heterocycles. The van der Waals surface area contributed by atoms with Crippen molar-refractivity contribution in [1.82, 2.24) is 0 Å². The highest BCUT2D eigenvalue weighted by Gasteiger charge is 2.19. The van der Waals surface area contributed by atoms with Crippen molar-refractivity contribution in [3.05, 3.63) is 23.8 Å². The van der Waals surface area contributed by atoms with Crippen molar-refractivity contribution < 1.29 is 18.1 Å². The van der Waals surface area contributed by atoms with Gasteiger partial charge in [0.25, 0.3) is 10.1 Å². The van der Waals surface area contributed by atoms with Gasteiger partial charge >= 0.3 is 0 Å². The minimum atomic E-state index is -4.39.